The van der Waals surface area contributed by atoms with Gasteiger partial charge in [-0.25, -0.2) is 0 Å². The van der Waals surface area contributed by atoms with Gasteiger partial charge in [0.05, 0.1) is 0 Å². The van der Waals surface area contributed by atoms with E-state index < -0.39 is 0 Å². The molecule has 0 aliphatic carbocycles. The van der Waals surface area contributed by atoms with Gasteiger partial charge < -0.3 is 10.6 Å². The molecule has 0 atom stereocenters. The van der Waals surface area contributed by atoms with Crippen molar-refractivity contribution in [3.05, 3.63) is 34.3 Å². The number of hydrogen-bond donors (Lipinski definition) is 2. The Balaban J connectivity index is 2.03. The Bertz CT molecular complexity index is 440. The number of aliphatic imine (C=N–C) groups is 1. The highest BCUT2D eigenvalue weighted by molar-refractivity contribution is 9.10. The molecule has 1 aliphatic heterocycles. The van der Waals surface area contributed by atoms with E-state index in [9.17, 15) is 0 Å². The summed E-state index contributed by atoms with van der Waals surface area (Å²) in [5.74, 6) is 0.932. The van der Waals surface area contributed by atoms with Crippen LogP contribution in [0.4, 0.5) is 0 Å². The van der Waals surface area contributed by atoms with Gasteiger partial charge in [0.2, 0.25) is 0 Å². The highest BCUT2D eigenvalue weighted by atomic mass is 79.9. The van der Waals surface area contributed by atoms with Crippen molar-refractivity contribution in [2.75, 3.05) is 19.6 Å². The molecule has 0 spiro atoms. The van der Waals surface area contributed by atoms with Crippen molar-refractivity contribution in [3.63, 3.8) is 0 Å². The van der Waals surface area contributed by atoms with E-state index in [0.29, 0.717) is 0 Å². The predicted octanol–water partition coefficient (Wildman–Crippen LogP) is 2.67. The molecule has 98 valence electrons. The van der Waals surface area contributed by atoms with Crippen molar-refractivity contribution in [3.8, 4) is 0 Å². The van der Waals surface area contributed by atoms with Gasteiger partial charge in [-0.3, -0.25) is 4.99 Å². The van der Waals surface area contributed by atoms with Gasteiger partial charge in [-0.1, -0.05) is 48.0 Å². The SMILES string of the molecule is CC(C)(CNC1=NCCCN1)c1ccccc1Br. The molecule has 0 fully saturated rings. The lowest BCUT2D eigenvalue weighted by Crippen LogP contribution is -2.45. The first-order valence-corrected chi connectivity index (χ1v) is 7.16. The van der Waals surface area contributed by atoms with Crippen LogP contribution in [0, 0.1) is 0 Å². The Kier molecular flexibility index (Phi) is 4.27. The van der Waals surface area contributed by atoms with Crippen molar-refractivity contribution in [1.29, 1.82) is 0 Å². The van der Waals surface area contributed by atoms with E-state index in [2.05, 4.69) is 63.6 Å². The topological polar surface area (TPSA) is 36.4 Å². The second kappa shape index (κ2) is 5.74. The minimum atomic E-state index is 0.0573. The maximum absolute atomic E-state index is 4.43. The first-order valence-electron chi connectivity index (χ1n) is 6.37. The summed E-state index contributed by atoms with van der Waals surface area (Å²) in [4.78, 5) is 4.43. The van der Waals surface area contributed by atoms with Crippen LogP contribution in [0.15, 0.2) is 33.7 Å². The summed E-state index contributed by atoms with van der Waals surface area (Å²) in [6.07, 6.45) is 1.12. The van der Waals surface area contributed by atoms with Crippen LogP contribution in [-0.4, -0.2) is 25.6 Å². The Morgan fingerprint density at radius 1 is 1.39 bits per heavy atom. The van der Waals surface area contributed by atoms with Gasteiger partial charge in [0.25, 0.3) is 0 Å². The van der Waals surface area contributed by atoms with Crippen LogP contribution < -0.4 is 10.6 Å². The summed E-state index contributed by atoms with van der Waals surface area (Å²) in [6, 6.07) is 8.39. The molecule has 3 nitrogen and oxygen atoms in total. The maximum atomic E-state index is 4.43. The second-order valence-corrected chi connectivity index (χ2v) is 6.08. The van der Waals surface area contributed by atoms with Crippen molar-refractivity contribution in [2.24, 2.45) is 4.99 Å². The molecule has 0 amide bonds. The molecule has 0 aromatic heterocycles. The first-order chi connectivity index (χ1) is 8.59. The lowest BCUT2D eigenvalue weighted by atomic mass is 9.84. The van der Waals surface area contributed by atoms with Crippen molar-refractivity contribution in [2.45, 2.75) is 25.7 Å². The Hall–Kier alpha value is -1.03. The van der Waals surface area contributed by atoms with Gasteiger partial charge in [0, 0.05) is 29.5 Å². The van der Waals surface area contributed by atoms with Gasteiger partial charge in [-0.05, 0) is 18.1 Å². The van der Waals surface area contributed by atoms with E-state index in [4.69, 9.17) is 0 Å². The van der Waals surface area contributed by atoms with Crippen LogP contribution in [0.25, 0.3) is 0 Å². The van der Waals surface area contributed by atoms with Crippen LogP contribution in [0.3, 0.4) is 0 Å². The van der Waals surface area contributed by atoms with E-state index in [1.54, 1.807) is 0 Å². The van der Waals surface area contributed by atoms with E-state index in [1.807, 2.05) is 6.07 Å². The lowest BCUT2D eigenvalue weighted by molar-refractivity contribution is 0.503. The van der Waals surface area contributed by atoms with Gasteiger partial charge >= 0.3 is 0 Å². The number of benzene rings is 1. The summed E-state index contributed by atoms with van der Waals surface area (Å²) in [5, 5.41) is 6.69. The fraction of sp³-hybridized carbons (Fsp3) is 0.500. The van der Waals surface area contributed by atoms with E-state index >= 15 is 0 Å². The molecule has 1 aromatic rings. The van der Waals surface area contributed by atoms with Crippen LogP contribution in [0.1, 0.15) is 25.8 Å². The van der Waals surface area contributed by atoms with Crippen LogP contribution in [-0.2, 0) is 5.41 Å². The molecule has 4 heteroatoms. The van der Waals surface area contributed by atoms with Gasteiger partial charge in [0.15, 0.2) is 5.96 Å². The summed E-state index contributed by atoms with van der Waals surface area (Å²) in [6.45, 7) is 7.28. The summed E-state index contributed by atoms with van der Waals surface area (Å²) >= 11 is 3.62. The van der Waals surface area contributed by atoms with Gasteiger partial charge in [-0.2, -0.15) is 0 Å². The Labute approximate surface area is 117 Å². The Morgan fingerprint density at radius 2 is 2.17 bits per heavy atom. The van der Waals surface area contributed by atoms with E-state index in [0.717, 1.165) is 36.5 Å². The van der Waals surface area contributed by atoms with Crippen LogP contribution >= 0.6 is 15.9 Å². The monoisotopic (exact) mass is 309 g/mol. The second-order valence-electron chi connectivity index (χ2n) is 5.23. The molecule has 2 N–H and O–H groups in total. The van der Waals surface area contributed by atoms with E-state index in [1.165, 1.54) is 5.56 Å². The number of halogens is 1. The maximum Gasteiger partial charge on any atom is 0.191 e. The highest BCUT2D eigenvalue weighted by Gasteiger charge is 2.23. The minimum Gasteiger partial charge on any atom is -0.356 e. The zero-order chi connectivity index (χ0) is 13.0. The fourth-order valence-electron chi connectivity index (χ4n) is 2.06. The van der Waals surface area contributed by atoms with Crippen LogP contribution in [0.5, 0.6) is 0 Å². The zero-order valence-electron chi connectivity index (χ0n) is 11.0. The number of hydrogen-bond acceptors (Lipinski definition) is 3. The van der Waals surface area contributed by atoms with E-state index in [-0.39, 0.29) is 5.41 Å². The number of guanidine groups is 1. The number of rotatable bonds is 3. The average Bonchev–Trinajstić information content (AvgIpc) is 2.38. The quantitative estimate of drug-likeness (QED) is 0.900. The van der Waals surface area contributed by atoms with Crippen LogP contribution in [0.2, 0.25) is 0 Å². The third-order valence-corrected chi connectivity index (χ3v) is 3.89. The average molecular weight is 310 g/mol. The first kappa shape index (κ1) is 13.4. The van der Waals surface area contributed by atoms with Crippen molar-refractivity contribution < 1.29 is 0 Å². The third kappa shape index (κ3) is 3.25. The predicted molar refractivity (Wildman–Crippen MR) is 80.1 cm³/mol. The Morgan fingerprint density at radius 3 is 2.83 bits per heavy atom. The van der Waals surface area contributed by atoms with Crippen molar-refractivity contribution in [1.82, 2.24) is 10.6 Å². The molecule has 0 saturated heterocycles. The number of nitrogens with one attached hydrogen (secondary N) is 2. The van der Waals surface area contributed by atoms with Crippen molar-refractivity contribution >= 4 is 21.9 Å². The fourth-order valence-corrected chi connectivity index (χ4v) is 2.88. The molecule has 0 unspecified atom stereocenters. The van der Waals surface area contributed by atoms with Gasteiger partial charge in [0.1, 0.15) is 0 Å². The zero-order valence-corrected chi connectivity index (χ0v) is 12.5. The molecular formula is C14H20BrN3. The molecule has 1 aromatic carbocycles. The molecule has 0 saturated carbocycles. The summed E-state index contributed by atoms with van der Waals surface area (Å²) in [7, 11) is 0. The molecule has 2 rings (SSSR count). The lowest BCUT2D eigenvalue weighted by Gasteiger charge is -2.28. The summed E-state index contributed by atoms with van der Waals surface area (Å²) in [5.41, 5.74) is 1.37. The molecule has 0 radical (unpaired) electrons. The molecular weight excluding hydrogens is 290 g/mol. The smallest absolute Gasteiger partial charge is 0.191 e. The number of nitrogens with zero attached hydrogens (tertiary/aromatic N) is 1. The minimum absolute atomic E-state index is 0.0573. The normalized spacial score (nSPS) is 15.8. The third-order valence-electron chi connectivity index (χ3n) is 3.20. The molecule has 1 heterocycles. The van der Waals surface area contributed by atoms with Gasteiger partial charge in [-0.15, -0.1) is 0 Å². The highest BCUT2D eigenvalue weighted by Crippen LogP contribution is 2.29. The largest absolute Gasteiger partial charge is 0.356 e. The molecule has 18 heavy (non-hydrogen) atoms. The molecule has 1 aliphatic rings. The molecule has 0 bridgehead atoms. The standard InChI is InChI=1S/C14H20BrN3/c1-14(2,11-6-3-4-7-12(11)15)10-18-13-16-8-5-9-17-13/h3-4,6-7H,5,8-10H2,1-2H3,(H2,16,17,18). The summed E-state index contributed by atoms with van der Waals surface area (Å²) < 4.78 is 1.16.